The van der Waals surface area contributed by atoms with Gasteiger partial charge in [-0.15, -0.1) is 0 Å². The van der Waals surface area contributed by atoms with E-state index >= 15 is 0 Å². The van der Waals surface area contributed by atoms with Crippen LogP contribution in [-0.4, -0.2) is 17.0 Å². The Morgan fingerprint density at radius 1 is 1.39 bits per heavy atom. The molecular formula is C13H12FN3O. The maximum atomic E-state index is 13.1. The molecule has 92 valence electrons. The monoisotopic (exact) mass is 245 g/mol. The molecule has 3 aromatic rings. The molecule has 4 nitrogen and oxygen atoms in total. The predicted molar refractivity (Wildman–Crippen MR) is 65.7 cm³/mol. The Hall–Kier alpha value is -2.14. The lowest BCUT2D eigenvalue weighted by molar-refractivity contribution is 0.480. The van der Waals surface area contributed by atoms with Crippen molar-refractivity contribution < 1.29 is 8.81 Å². The predicted octanol–water partition coefficient (Wildman–Crippen LogP) is 2.60. The molecule has 0 saturated carbocycles. The van der Waals surface area contributed by atoms with Gasteiger partial charge in [-0.2, -0.15) is 0 Å². The van der Waals surface area contributed by atoms with E-state index in [0.29, 0.717) is 11.3 Å². The van der Waals surface area contributed by atoms with Gasteiger partial charge in [0.25, 0.3) is 0 Å². The molecule has 2 N–H and O–H groups in total. The second kappa shape index (κ2) is 4.27. The lowest BCUT2D eigenvalue weighted by atomic mass is 10.2. The average molecular weight is 245 g/mol. The summed E-state index contributed by atoms with van der Waals surface area (Å²) >= 11 is 0. The molecule has 1 atom stereocenters. The van der Waals surface area contributed by atoms with Crippen LogP contribution in [0.15, 0.2) is 41.1 Å². The van der Waals surface area contributed by atoms with Crippen molar-refractivity contribution in [2.75, 3.05) is 7.05 Å². The lowest BCUT2D eigenvalue weighted by Crippen LogP contribution is -2.18. The second-order valence-corrected chi connectivity index (χ2v) is 4.03. The molecule has 0 amide bonds. The standard InChI is InChI=1S/C13H12FN3O/c1-15-12(13-16-4-5-17-13)11-7-8-6-9(14)2-3-10(8)18-11/h2-7,12,15H,1H3,(H,16,17). The summed E-state index contributed by atoms with van der Waals surface area (Å²) in [5.41, 5.74) is 0.665. The highest BCUT2D eigenvalue weighted by atomic mass is 19.1. The summed E-state index contributed by atoms with van der Waals surface area (Å²) in [5, 5.41) is 3.86. The smallest absolute Gasteiger partial charge is 0.134 e. The average Bonchev–Trinajstić information content (AvgIpc) is 2.98. The summed E-state index contributed by atoms with van der Waals surface area (Å²) < 4.78 is 18.8. The van der Waals surface area contributed by atoms with Crippen LogP contribution in [0.4, 0.5) is 4.39 Å². The first-order valence-electron chi connectivity index (χ1n) is 5.63. The van der Waals surface area contributed by atoms with Crippen LogP contribution in [0, 0.1) is 5.82 Å². The van der Waals surface area contributed by atoms with Crippen molar-refractivity contribution in [1.29, 1.82) is 0 Å². The summed E-state index contributed by atoms with van der Waals surface area (Å²) in [4.78, 5) is 7.23. The van der Waals surface area contributed by atoms with Crippen molar-refractivity contribution in [3.05, 3.63) is 54.1 Å². The van der Waals surface area contributed by atoms with Gasteiger partial charge in [0.1, 0.15) is 29.0 Å². The number of furan rings is 1. The van der Waals surface area contributed by atoms with Crippen LogP contribution in [0.2, 0.25) is 0 Å². The number of nitrogens with one attached hydrogen (secondary N) is 2. The summed E-state index contributed by atoms with van der Waals surface area (Å²) in [5.74, 6) is 1.19. The van der Waals surface area contributed by atoms with E-state index in [1.54, 1.807) is 18.5 Å². The Morgan fingerprint density at radius 2 is 2.28 bits per heavy atom. The molecule has 0 fully saturated rings. The quantitative estimate of drug-likeness (QED) is 0.745. The van der Waals surface area contributed by atoms with E-state index in [9.17, 15) is 4.39 Å². The van der Waals surface area contributed by atoms with Crippen LogP contribution in [-0.2, 0) is 0 Å². The number of rotatable bonds is 3. The fourth-order valence-electron chi connectivity index (χ4n) is 2.03. The number of halogens is 1. The van der Waals surface area contributed by atoms with Crippen molar-refractivity contribution in [2.24, 2.45) is 0 Å². The van der Waals surface area contributed by atoms with Gasteiger partial charge in [0.2, 0.25) is 0 Å². The molecule has 0 aliphatic heterocycles. The molecule has 0 spiro atoms. The van der Waals surface area contributed by atoms with Gasteiger partial charge in [0.15, 0.2) is 0 Å². The van der Waals surface area contributed by atoms with Crippen molar-refractivity contribution >= 4 is 11.0 Å². The van der Waals surface area contributed by atoms with Crippen LogP contribution < -0.4 is 5.32 Å². The molecule has 0 radical (unpaired) electrons. The van der Waals surface area contributed by atoms with E-state index in [2.05, 4.69) is 15.3 Å². The Morgan fingerprint density at radius 3 is 3.00 bits per heavy atom. The van der Waals surface area contributed by atoms with Crippen LogP contribution in [0.3, 0.4) is 0 Å². The normalized spacial score (nSPS) is 13.0. The minimum absolute atomic E-state index is 0.171. The summed E-state index contributed by atoms with van der Waals surface area (Å²) in [7, 11) is 1.82. The van der Waals surface area contributed by atoms with Gasteiger partial charge < -0.3 is 14.7 Å². The molecular weight excluding hydrogens is 233 g/mol. The topological polar surface area (TPSA) is 53.9 Å². The zero-order valence-corrected chi connectivity index (χ0v) is 9.77. The number of fused-ring (bicyclic) bond motifs is 1. The molecule has 0 aliphatic rings. The van der Waals surface area contributed by atoms with Crippen LogP contribution in [0.25, 0.3) is 11.0 Å². The van der Waals surface area contributed by atoms with Crippen molar-refractivity contribution in [3.8, 4) is 0 Å². The van der Waals surface area contributed by atoms with Crippen LogP contribution in [0.1, 0.15) is 17.6 Å². The molecule has 1 aromatic carbocycles. The van der Waals surface area contributed by atoms with Crippen LogP contribution in [0.5, 0.6) is 0 Å². The molecule has 5 heteroatoms. The third kappa shape index (κ3) is 1.78. The molecule has 3 rings (SSSR count). The first-order chi connectivity index (χ1) is 8.78. The van der Waals surface area contributed by atoms with Crippen molar-refractivity contribution in [3.63, 3.8) is 0 Å². The maximum Gasteiger partial charge on any atom is 0.134 e. The number of benzene rings is 1. The number of hydrogen-bond donors (Lipinski definition) is 2. The first kappa shape index (κ1) is 11.0. The van der Waals surface area contributed by atoms with Gasteiger partial charge >= 0.3 is 0 Å². The minimum Gasteiger partial charge on any atom is -0.459 e. The zero-order valence-electron chi connectivity index (χ0n) is 9.77. The molecule has 18 heavy (non-hydrogen) atoms. The number of aromatic nitrogens is 2. The zero-order chi connectivity index (χ0) is 12.5. The summed E-state index contributed by atoms with van der Waals surface area (Å²) in [6, 6.07) is 6.12. The third-order valence-corrected chi connectivity index (χ3v) is 2.86. The van der Waals surface area contributed by atoms with Gasteiger partial charge in [-0.3, -0.25) is 0 Å². The minimum atomic E-state index is -0.270. The molecule has 0 aliphatic carbocycles. The first-order valence-corrected chi connectivity index (χ1v) is 5.63. The molecule has 0 bridgehead atoms. The van der Waals surface area contributed by atoms with Gasteiger partial charge in [-0.05, 0) is 31.3 Å². The third-order valence-electron chi connectivity index (χ3n) is 2.86. The molecule has 2 heterocycles. The highest BCUT2D eigenvalue weighted by Crippen LogP contribution is 2.26. The van der Waals surface area contributed by atoms with E-state index < -0.39 is 0 Å². The second-order valence-electron chi connectivity index (χ2n) is 4.03. The number of aromatic amines is 1. The number of H-pyrrole nitrogens is 1. The summed E-state index contributed by atoms with van der Waals surface area (Å²) in [6.07, 6.45) is 3.43. The maximum absolute atomic E-state index is 13.1. The Balaban J connectivity index is 2.07. The van der Waals surface area contributed by atoms with Crippen LogP contribution >= 0.6 is 0 Å². The number of nitrogens with zero attached hydrogens (tertiary/aromatic N) is 1. The highest BCUT2D eigenvalue weighted by Gasteiger charge is 2.18. The molecule has 2 aromatic heterocycles. The molecule has 1 unspecified atom stereocenters. The van der Waals surface area contributed by atoms with E-state index in [1.165, 1.54) is 12.1 Å². The van der Waals surface area contributed by atoms with E-state index in [4.69, 9.17) is 4.42 Å². The molecule has 0 saturated heterocycles. The van der Waals surface area contributed by atoms with Gasteiger partial charge in [0, 0.05) is 17.8 Å². The highest BCUT2D eigenvalue weighted by molar-refractivity contribution is 5.78. The SMILES string of the molecule is CNC(c1ncc[nH]1)c1cc2cc(F)ccc2o1. The number of hydrogen-bond acceptors (Lipinski definition) is 3. The van der Waals surface area contributed by atoms with Gasteiger partial charge in [-0.25, -0.2) is 9.37 Å². The Labute approximate surface area is 103 Å². The van der Waals surface area contributed by atoms with Crippen molar-refractivity contribution in [1.82, 2.24) is 15.3 Å². The lowest BCUT2D eigenvalue weighted by Gasteiger charge is -2.09. The Kier molecular flexibility index (Phi) is 2.60. The van der Waals surface area contributed by atoms with Crippen molar-refractivity contribution in [2.45, 2.75) is 6.04 Å². The number of imidazole rings is 1. The van der Waals surface area contributed by atoms with E-state index in [0.717, 1.165) is 11.2 Å². The van der Waals surface area contributed by atoms with Gasteiger partial charge in [-0.1, -0.05) is 0 Å². The fourth-order valence-corrected chi connectivity index (χ4v) is 2.03. The summed E-state index contributed by atoms with van der Waals surface area (Å²) in [6.45, 7) is 0. The Bertz CT molecular complexity index is 660. The van der Waals surface area contributed by atoms with E-state index in [-0.39, 0.29) is 11.9 Å². The van der Waals surface area contributed by atoms with Gasteiger partial charge in [0.05, 0.1) is 0 Å². The van der Waals surface area contributed by atoms with E-state index in [1.807, 2.05) is 13.1 Å². The largest absolute Gasteiger partial charge is 0.459 e. The fraction of sp³-hybridized carbons (Fsp3) is 0.154.